The highest BCUT2D eigenvalue weighted by molar-refractivity contribution is 5.93. The third-order valence-electron chi connectivity index (χ3n) is 22.6. The number of hydrogen-bond acceptors (Lipinski definition) is 10. The standard InChI is InChI=1S/5C21H28N2/c1-15(14-21(2,3)4)22-20-18-12-7-6-10-16(18)17-11-8-9-13-19(17)23(20)5;1-15(14-21(2,3)4)22-20-19-13-17-9-7-6-8-16(17)12-18(19)10-11-23(20)5;1-15(13-21(2,3)4)22-20-12-19-17(14-23(20)5)11-10-16-8-6-7-9-18(16)19;1-15(14-21(2,3)4)22-20-19-17(12-13-23(20)5)11-10-16-8-6-7-9-18(16)19;1-15(14-21(2,3)4)22-20-19-11-10-16-8-6-7-9-17(16)18(19)12-13-23(20)5/h2*6-13,15,20,22H,14H2,1-5H3;6-12,14-15,20,22H,13H2,1-5H3;2*6-13,15,20,22H,14H2,1-5H3/t5*15-,20?/m11111/s1. The molecule has 0 fully saturated rings. The fourth-order valence-electron chi connectivity index (χ4n) is 18.4. The summed E-state index contributed by atoms with van der Waals surface area (Å²) in [4.78, 5) is 11.5. The van der Waals surface area contributed by atoms with Gasteiger partial charge in [0, 0.05) is 107 Å². The van der Waals surface area contributed by atoms with Gasteiger partial charge in [0.1, 0.15) is 24.7 Å². The molecule has 610 valence electrons. The van der Waals surface area contributed by atoms with Crippen molar-refractivity contribution in [3.05, 3.63) is 262 Å². The number of para-hydroxylation sites is 1. The van der Waals surface area contributed by atoms with E-state index in [1.807, 2.05) is 0 Å². The predicted octanol–water partition coefficient (Wildman–Crippen LogP) is 23.8. The Labute approximate surface area is 693 Å². The molecule has 115 heavy (non-hydrogen) atoms. The Morgan fingerprint density at radius 1 is 0.322 bits per heavy atom. The van der Waals surface area contributed by atoms with E-state index in [0.717, 1.165) is 32.1 Å². The molecular weight excluding hydrogens is 1400 g/mol. The van der Waals surface area contributed by atoms with E-state index in [1.165, 1.54) is 109 Å². The first-order valence-corrected chi connectivity index (χ1v) is 42.6. The highest BCUT2D eigenvalue weighted by Gasteiger charge is 2.33. The molecule has 0 aromatic heterocycles. The van der Waals surface area contributed by atoms with Gasteiger partial charge in [-0.05, 0) is 229 Å². The molecule has 10 heteroatoms. The van der Waals surface area contributed by atoms with Gasteiger partial charge in [0.25, 0.3) is 0 Å². The van der Waals surface area contributed by atoms with Crippen molar-refractivity contribution in [3.8, 4) is 11.1 Å². The zero-order valence-corrected chi connectivity index (χ0v) is 74.6. The quantitative estimate of drug-likeness (QED) is 0.0685. The van der Waals surface area contributed by atoms with Crippen LogP contribution in [0.2, 0.25) is 0 Å². The monoisotopic (exact) mass is 1540 g/mol. The molecular formula is C105H140N10. The number of rotatable bonds is 15. The van der Waals surface area contributed by atoms with Gasteiger partial charge >= 0.3 is 0 Å². The summed E-state index contributed by atoms with van der Waals surface area (Å²) < 4.78 is 0. The van der Waals surface area contributed by atoms with Crippen molar-refractivity contribution in [2.24, 2.45) is 27.1 Å². The van der Waals surface area contributed by atoms with Crippen LogP contribution in [-0.2, 0) is 0 Å². The van der Waals surface area contributed by atoms with E-state index in [4.69, 9.17) is 0 Å². The molecule has 10 nitrogen and oxygen atoms in total. The summed E-state index contributed by atoms with van der Waals surface area (Å²) in [6, 6.07) is 72.4. The molecule has 5 aliphatic rings. The first-order chi connectivity index (χ1) is 54.2. The van der Waals surface area contributed by atoms with E-state index >= 15 is 0 Å². The van der Waals surface area contributed by atoms with Crippen LogP contribution in [0.4, 0.5) is 5.69 Å². The molecule has 5 heterocycles. The molecule has 15 rings (SSSR count). The lowest BCUT2D eigenvalue weighted by Crippen LogP contribution is -2.50. The fourth-order valence-corrected chi connectivity index (χ4v) is 18.4. The zero-order valence-electron chi connectivity index (χ0n) is 74.6. The van der Waals surface area contributed by atoms with Gasteiger partial charge in [0.2, 0.25) is 0 Å². The predicted molar refractivity (Wildman–Crippen MR) is 501 cm³/mol. The minimum atomic E-state index is 0.221. The Hall–Kier alpha value is -9.00. The Morgan fingerprint density at radius 3 is 1.29 bits per heavy atom. The topological polar surface area (TPSA) is 76.3 Å². The molecule has 0 saturated heterocycles. The molecule has 10 aromatic rings. The lowest BCUT2D eigenvalue weighted by Gasteiger charge is -2.40. The molecule has 0 bridgehead atoms. The van der Waals surface area contributed by atoms with Crippen LogP contribution in [0.3, 0.4) is 0 Å². The minimum Gasteiger partial charge on any atom is -0.361 e. The summed E-state index contributed by atoms with van der Waals surface area (Å²) in [6.07, 6.45) is 24.8. The zero-order chi connectivity index (χ0) is 83.1. The molecule has 5 unspecified atom stereocenters. The Kier molecular flexibility index (Phi) is 27.7. The number of hydrogen-bond donors (Lipinski definition) is 5. The minimum absolute atomic E-state index is 0.221. The van der Waals surface area contributed by atoms with Crippen molar-refractivity contribution in [3.63, 3.8) is 0 Å². The lowest BCUT2D eigenvalue weighted by atomic mass is 9.87. The molecule has 5 aliphatic heterocycles. The summed E-state index contributed by atoms with van der Waals surface area (Å²) in [5, 5.41) is 32.3. The van der Waals surface area contributed by atoms with E-state index in [1.54, 1.807) is 0 Å². The average Bonchev–Trinajstić information content (AvgIpc) is 0.774. The Morgan fingerprint density at radius 2 is 0.722 bits per heavy atom. The molecule has 0 radical (unpaired) electrons. The summed E-state index contributed by atoms with van der Waals surface area (Å²) in [5.74, 6) is 0. The Balaban J connectivity index is 0.000000142. The highest BCUT2D eigenvalue weighted by Crippen LogP contribution is 2.44. The van der Waals surface area contributed by atoms with Crippen LogP contribution >= 0.6 is 0 Å². The normalized spacial score (nSPS) is 18.9. The van der Waals surface area contributed by atoms with E-state index in [-0.39, 0.29) is 30.8 Å². The van der Waals surface area contributed by atoms with Gasteiger partial charge in [-0.15, -0.1) is 0 Å². The van der Waals surface area contributed by atoms with Crippen LogP contribution in [0.1, 0.15) is 234 Å². The summed E-state index contributed by atoms with van der Waals surface area (Å²) in [6.45, 7) is 46.0. The largest absolute Gasteiger partial charge is 0.361 e. The second-order valence-corrected chi connectivity index (χ2v) is 40.0. The lowest BCUT2D eigenvalue weighted by molar-refractivity contribution is 0.223. The van der Waals surface area contributed by atoms with Crippen LogP contribution in [-0.4, -0.2) is 91.2 Å². The van der Waals surface area contributed by atoms with Crippen LogP contribution in [0.25, 0.3) is 84.7 Å². The molecule has 0 aliphatic carbocycles. The van der Waals surface area contributed by atoms with Gasteiger partial charge < -0.3 is 24.5 Å². The molecule has 0 amide bonds. The van der Waals surface area contributed by atoms with Gasteiger partial charge in [-0.3, -0.25) is 26.6 Å². The van der Waals surface area contributed by atoms with Crippen molar-refractivity contribution >= 4 is 79.3 Å². The number of anilines is 1. The van der Waals surface area contributed by atoms with Crippen molar-refractivity contribution in [1.82, 2.24) is 46.2 Å². The third kappa shape index (κ3) is 23.0. The number of benzene rings is 10. The molecule has 5 N–H and O–H groups in total. The van der Waals surface area contributed by atoms with Crippen molar-refractivity contribution in [1.29, 1.82) is 0 Å². The van der Waals surface area contributed by atoms with Gasteiger partial charge in [0.15, 0.2) is 0 Å². The van der Waals surface area contributed by atoms with E-state index in [9.17, 15) is 0 Å². The van der Waals surface area contributed by atoms with Crippen molar-refractivity contribution < 1.29 is 0 Å². The number of nitrogens with one attached hydrogen (secondary N) is 5. The van der Waals surface area contributed by atoms with Crippen LogP contribution in [0.5, 0.6) is 0 Å². The van der Waals surface area contributed by atoms with Gasteiger partial charge in [0.05, 0.1) is 6.17 Å². The average molecular weight is 1540 g/mol. The molecule has 10 aromatic carbocycles. The van der Waals surface area contributed by atoms with Gasteiger partial charge in [-0.25, -0.2) is 0 Å². The third-order valence-corrected chi connectivity index (χ3v) is 22.6. The highest BCUT2D eigenvalue weighted by atomic mass is 15.3. The van der Waals surface area contributed by atoms with Gasteiger partial charge in [-0.1, -0.05) is 280 Å². The first kappa shape index (κ1) is 86.8. The molecule has 0 spiro atoms. The smallest absolute Gasteiger partial charge is 0.106 e. The maximum atomic E-state index is 3.85. The SMILES string of the molecule is C[C@H](CC(C)(C)C)NC1C=c2c(ccc3ccccc23)=CN1C.C[C@H](CC(C)(C)C)NC1c2c(ccc3ccccc23)C=CN1C.C[C@H](CC(C)(C)C)NC1c2cc3ccccc3cc2C=CN1C.C[C@H](CC(C)(C)C)NC1c2ccc3ccccc3c2C=CN1C.C[C@H](CC(C)(C)C)NC1c2ccccc2-c2ccccc2N1C. The Bertz CT molecular complexity index is 5120. The summed E-state index contributed by atoms with van der Waals surface area (Å²) >= 11 is 0. The second-order valence-electron chi connectivity index (χ2n) is 40.0. The molecule has 10 atom stereocenters. The van der Waals surface area contributed by atoms with Crippen molar-refractivity contribution in [2.45, 2.75) is 232 Å². The summed E-state index contributed by atoms with van der Waals surface area (Å²) in [7, 11) is 10.8. The summed E-state index contributed by atoms with van der Waals surface area (Å²) in [5.41, 5.74) is 15.1. The fraction of sp³-hybridized carbons (Fsp3) is 0.429. The van der Waals surface area contributed by atoms with E-state index in [0.29, 0.717) is 57.3 Å². The molecule has 0 saturated carbocycles. The maximum absolute atomic E-state index is 3.85. The maximum Gasteiger partial charge on any atom is 0.106 e. The van der Waals surface area contributed by atoms with E-state index < -0.39 is 0 Å². The van der Waals surface area contributed by atoms with Crippen LogP contribution < -0.4 is 41.9 Å². The van der Waals surface area contributed by atoms with Crippen molar-refractivity contribution in [2.75, 3.05) is 40.1 Å². The number of nitrogens with zero attached hydrogens (tertiary/aromatic N) is 5. The first-order valence-electron chi connectivity index (χ1n) is 42.6. The van der Waals surface area contributed by atoms with Gasteiger partial charge in [-0.2, -0.15) is 0 Å². The number of fused-ring (bicyclic) bond motifs is 14. The van der Waals surface area contributed by atoms with Crippen LogP contribution in [0, 0.1) is 27.1 Å². The second kappa shape index (κ2) is 36.7. The van der Waals surface area contributed by atoms with E-state index in [2.05, 4.69) is 468 Å². The van der Waals surface area contributed by atoms with Crippen LogP contribution in [0.15, 0.2) is 213 Å².